The zero-order valence-corrected chi connectivity index (χ0v) is 23.1. The van der Waals surface area contributed by atoms with Crippen molar-refractivity contribution in [3.05, 3.63) is 71.5 Å². The van der Waals surface area contributed by atoms with Crippen LogP contribution in [0.1, 0.15) is 30.5 Å². The van der Waals surface area contributed by atoms with Crippen molar-refractivity contribution in [2.24, 2.45) is 7.05 Å². The number of hydrogen-bond acceptors (Lipinski definition) is 6. The molecule has 4 rings (SSSR count). The molecule has 202 valence electrons. The Balaban J connectivity index is 1.37. The number of aryl methyl sites for hydroxylation is 2. The van der Waals surface area contributed by atoms with E-state index in [-0.39, 0.29) is 24.9 Å². The van der Waals surface area contributed by atoms with Crippen molar-refractivity contribution >= 4 is 17.5 Å². The molecule has 0 bridgehead atoms. The summed E-state index contributed by atoms with van der Waals surface area (Å²) in [6.45, 7) is 8.75. The highest BCUT2D eigenvalue weighted by Crippen LogP contribution is 2.25. The summed E-state index contributed by atoms with van der Waals surface area (Å²) in [5.74, 6) is -0.217. The monoisotopic (exact) mass is 517 g/mol. The van der Waals surface area contributed by atoms with E-state index in [1.165, 1.54) is 11.1 Å². The van der Waals surface area contributed by atoms with Crippen molar-refractivity contribution in [3.63, 3.8) is 0 Å². The molecule has 0 aliphatic carbocycles. The smallest absolute Gasteiger partial charge is 0.256 e. The molecule has 0 fully saturated rings. The SMILES string of the molecule is Cc1cc(-c2cnn(C)c2)ccc1NCC(=O)N(CCNC(C)C)CC(=O)N(C)N1Cc2ccccc2C1. The van der Waals surface area contributed by atoms with Gasteiger partial charge in [0.1, 0.15) is 6.54 Å². The van der Waals surface area contributed by atoms with Crippen molar-refractivity contribution in [2.45, 2.75) is 39.9 Å². The maximum absolute atomic E-state index is 13.3. The number of carbonyl (C=O) groups excluding carboxylic acids is 2. The number of hydrazine groups is 1. The molecule has 2 heterocycles. The van der Waals surface area contributed by atoms with E-state index in [0.717, 1.165) is 22.4 Å². The summed E-state index contributed by atoms with van der Waals surface area (Å²) in [6, 6.07) is 14.6. The number of carbonyl (C=O) groups is 2. The van der Waals surface area contributed by atoms with Crippen LogP contribution in [0.15, 0.2) is 54.9 Å². The predicted molar refractivity (Wildman–Crippen MR) is 150 cm³/mol. The first-order valence-electron chi connectivity index (χ1n) is 13.1. The molecule has 0 radical (unpaired) electrons. The second-order valence-electron chi connectivity index (χ2n) is 10.2. The van der Waals surface area contributed by atoms with Crippen molar-refractivity contribution in [2.75, 3.05) is 38.5 Å². The molecule has 0 atom stereocenters. The highest BCUT2D eigenvalue weighted by Gasteiger charge is 2.27. The van der Waals surface area contributed by atoms with E-state index in [1.54, 1.807) is 21.6 Å². The molecule has 2 amide bonds. The lowest BCUT2D eigenvalue weighted by molar-refractivity contribution is -0.151. The molecule has 9 nitrogen and oxygen atoms in total. The fraction of sp³-hybridized carbons (Fsp3) is 0.414. The largest absolute Gasteiger partial charge is 0.376 e. The van der Waals surface area contributed by atoms with Crippen LogP contribution in [0.5, 0.6) is 0 Å². The van der Waals surface area contributed by atoms with Crippen LogP contribution in [-0.2, 0) is 29.7 Å². The number of fused-ring (bicyclic) bond motifs is 1. The van der Waals surface area contributed by atoms with Gasteiger partial charge in [-0.15, -0.1) is 0 Å². The van der Waals surface area contributed by atoms with Gasteiger partial charge in [0.15, 0.2) is 0 Å². The Morgan fingerprint density at radius 1 is 1.05 bits per heavy atom. The van der Waals surface area contributed by atoms with Crippen molar-refractivity contribution in [1.82, 2.24) is 30.0 Å². The number of anilines is 1. The van der Waals surface area contributed by atoms with E-state index in [0.29, 0.717) is 32.2 Å². The van der Waals surface area contributed by atoms with E-state index in [1.807, 2.05) is 55.6 Å². The summed E-state index contributed by atoms with van der Waals surface area (Å²) in [6.07, 6.45) is 3.81. The van der Waals surface area contributed by atoms with E-state index in [2.05, 4.69) is 47.8 Å². The van der Waals surface area contributed by atoms with Crippen LogP contribution in [0.25, 0.3) is 11.1 Å². The second kappa shape index (κ2) is 12.2. The molecule has 1 aliphatic rings. The number of likely N-dealkylation sites (N-methyl/N-ethyl adjacent to an activating group) is 1. The lowest BCUT2D eigenvalue weighted by Crippen LogP contribution is -2.49. The van der Waals surface area contributed by atoms with Crippen molar-refractivity contribution in [3.8, 4) is 11.1 Å². The van der Waals surface area contributed by atoms with Crippen molar-refractivity contribution < 1.29 is 9.59 Å². The van der Waals surface area contributed by atoms with Gasteiger partial charge in [-0.05, 0) is 41.3 Å². The van der Waals surface area contributed by atoms with E-state index in [4.69, 9.17) is 0 Å². The maximum Gasteiger partial charge on any atom is 0.256 e. The van der Waals surface area contributed by atoms with E-state index in [9.17, 15) is 9.59 Å². The first kappa shape index (κ1) is 27.3. The van der Waals surface area contributed by atoms with Crippen LogP contribution in [0.4, 0.5) is 5.69 Å². The van der Waals surface area contributed by atoms with Gasteiger partial charge < -0.3 is 15.5 Å². The minimum Gasteiger partial charge on any atom is -0.376 e. The Morgan fingerprint density at radius 2 is 1.76 bits per heavy atom. The quantitative estimate of drug-likeness (QED) is 0.407. The Labute approximate surface area is 225 Å². The summed E-state index contributed by atoms with van der Waals surface area (Å²) >= 11 is 0. The van der Waals surface area contributed by atoms with Crippen LogP contribution in [-0.4, -0.2) is 75.8 Å². The summed E-state index contributed by atoms with van der Waals surface area (Å²) in [5, 5.41) is 14.5. The van der Waals surface area contributed by atoms with Gasteiger partial charge in [-0.25, -0.2) is 5.01 Å². The summed E-state index contributed by atoms with van der Waals surface area (Å²) in [4.78, 5) is 28.2. The minimum atomic E-state index is -0.113. The fourth-order valence-corrected chi connectivity index (χ4v) is 4.63. The Morgan fingerprint density at radius 3 is 2.37 bits per heavy atom. The molecule has 0 saturated carbocycles. The van der Waals surface area contributed by atoms with Crippen molar-refractivity contribution in [1.29, 1.82) is 0 Å². The van der Waals surface area contributed by atoms with Crippen LogP contribution in [0.3, 0.4) is 0 Å². The average molecular weight is 518 g/mol. The molecule has 0 spiro atoms. The van der Waals surface area contributed by atoms with Crippen LogP contribution >= 0.6 is 0 Å². The highest BCUT2D eigenvalue weighted by atomic mass is 16.2. The standard InChI is InChI=1S/C29H39N7O2/c1-21(2)30-12-13-35(20-29(38)34(5)36-18-24-8-6-7-9-25(24)19-36)28(37)16-31-27-11-10-23(14-22(27)3)26-15-32-33(4)17-26/h6-11,14-15,17,21,30-31H,12-13,16,18-20H2,1-5H3. The summed E-state index contributed by atoms with van der Waals surface area (Å²) < 4.78 is 1.78. The third-order valence-corrected chi connectivity index (χ3v) is 6.92. The lowest BCUT2D eigenvalue weighted by atomic mass is 10.1. The average Bonchev–Trinajstić information content (AvgIpc) is 3.52. The summed E-state index contributed by atoms with van der Waals surface area (Å²) in [5.41, 5.74) is 6.52. The van der Waals surface area contributed by atoms with Crippen LogP contribution < -0.4 is 10.6 Å². The fourth-order valence-electron chi connectivity index (χ4n) is 4.63. The number of nitrogens with zero attached hydrogens (tertiary/aromatic N) is 5. The molecule has 2 aromatic carbocycles. The van der Waals surface area contributed by atoms with Crippen LogP contribution in [0.2, 0.25) is 0 Å². The summed E-state index contributed by atoms with van der Waals surface area (Å²) in [7, 11) is 3.68. The van der Waals surface area contributed by atoms with Gasteiger partial charge in [0.25, 0.3) is 5.91 Å². The predicted octanol–water partition coefficient (Wildman–Crippen LogP) is 3.02. The number of rotatable bonds is 11. The van der Waals surface area contributed by atoms with Gasteiger partial charge >= 0.3 is 0 Å². The van der Waals surface area contributed by atoms with Gasteiger partial charge in [0, 0.05) is 63.8 Å². The zero-order chi connectivity index (χ0) is 27.2. The topological polar surface area (TPSA) is 85.7 Å². The second-order valence-corrected chi connectivity index (χ2v) is 10.2. The first-order chi connectivity index (χ1) is 18.2. The number of hydrogen-bond donors (Lipinski definition) is 2. The molecule has 1 aromatic heterocycles. The van der Waals surface area contributed by atoms with Gasteiger partial charge in [-0.2, -0.15) is 5.10 Å². The third-order valence-electron chi connectivity index (χ3n) is 6.92. The lowest BCUT2D eigenvalue weighted by Gasteiger charge is -2.31. The molecular weight excluding hydrogens is 478 g/mol. The molecule has 1 aliphatic heterocycles. The normalized spacial score (nSPS) is 13.0. The first-order valence-corrected chi connectivity index (χ1v) is 13.1. The number of amides is 2. The van der Waals surface area contributed by atoms with Gasteiger partial charge in [-0.1, -0.05) is 44.2 Å². The highest BCUT2D eigenvalue weighted by molar-refractivity contribution is 5.87. The molecule has 0 saturated heterocycles. The Hall–Kier alpha value is -3.69. The molecular formula is C29H39N7O2. The minimum absolute atomic E-state index is 0.0303. The molecule has 38 heavy (non-hydrogen) atoms. The number of aromatic nitrogens is 2. The van der Waals surface area contributed by atoms with Gasteiger partial charge in [-0.3, -0.25) is 19.3 Å². The molecule has 3 aromatic rings. The zero-order valence-electron chi connectivity index (χ0n) is 23.1. The third kappa shape index (κ3) is 6.79. The molecule has 0 unspecified atom stereocenters. The van der Waals surface area contributed by atoms with Crippen LogP contribution in [0, 0.1) is 6.92 Å². The Bertz CT molecular complexity index is 1240. The van der Waals surface area contributed by atoms with E-state index >= 15 is 0 Å². The molecule has 9 heteroatoms. The van der Waals surface area contributed by atoms with E-state index < -0.39 is 0 Å². The van der Waals surface area contributed by atoms with Gasteiger partial charge in [0.05, 0.1) is 12.7 Å². The maximum atomic E-state index is 13.3. The number of benzene rings is 2. The van der Waals surface area contributed by atoms with Gasteiger partial charge in [0.2, 0.25) is 5.91 Å². The number of nitrogens with one attached hydrogen (secondary N) is 2. The Kier molecular flexibility index (Phi) is 8.81. The molecule has 2 N–H and O–H groups in total.